The van der Waals surface area contributed by atoms with Gasteiger partial charge in [0, 0.05) is 40.9 Å². The third kappa shape index (κ3) is 4.43. The molecule has 0 aliphatic rings. The van der Waals surface area contributed by atoms with E-state index in [9.17, 15) is 5.26 Å². The van der Waals surface area contributed by atoms with Crippen LogP contribution in [-0.2, 0) is 6.54 Å². The molecular formula is C26H27FN6. The second kappa shape index (κ2) is 9.39. The van der Waals surface area contributed by atoms with Crippen molar-refractivity contribution in [1.82, 2.24) is 20.5 Å². The van der Waals surface area contributed by atoms with Crippen molar-refractivity contribution in [3.63, 3.8) is 0 Å². The van der Waals surface area contributed by atoms with Crippen molar-refractivity contribution in [3.05, 3.63) is 65.1 Å². The fourth-order valence-electron chi connectivity index (χ4n) is 4.02. The van der Waals surface area contributed by atoms with Gasteiger partial charge in [0.1, 0.15) is 17.3 Å². The third-order valence-corrected chi connectivity index (χ3v) is 5.86. The summed E-state index contributed by atoms with van der Waals surface area (Å²) < 4.78 is 15.2. The first-order valence-electron chi connectivity index (χ1n) is 11.0. The van der Waals surface area contributed by atoms with E-state index in [0.29, 0.717) is 35.0 Å². The number of H-pyrrole nitrogens is 1. The highest BCUT2D eigenvalue weighted by Gasteiger charge is 2.18. The Morgan fingerprint density at radius 3 is 2.67 bits per heavy atom. The van der Waals surface area contributed by atoms with E-state index >= 15 is 4.39 Å². The maximum Gasteiger partial charge on any atom is 0.131 e. The Balaban J connectivity index is 1.81. The number of rotatable bonds is 7. The quantitative estimate of drug-likeness (QED) is 0.350. The fourth-order valence-corrected chi connectivity index (χ4v) is 4.02. The number of nitrogens with zero attached hydrogens (tertiary/aromatic N) is 3. The first kappa shape index (κ1) is 22.4. The average Bonchev–Trinajstić information content (AvgIpc) is 3.21. The minimum absolute atomic E-state index is 0.333. The Morgan fingerprint density at radius 2 is 2.03 bits per heavy atom. The second-order valence-corrected chi connectivity index (χ2v) is 8.31. The van der Waals surface area contributed by atoms with Crippen LogP contribution in [-0.4, -0.2) is 28.3 Å². The molecule has 1 atom stereocenters. The zero-order valence-corrected chi connectivity index (χ0v) is 19.3. The number of aryl methyl sites for hydroxylation is 1. The topological polar surface area (TPSA) is 89.4 Å². The van der Waals surface area contributed by atoms with Gasteiger partial charge in [-0.05, 0) is 68.8 Å². The van der Waals surface area contributed by atoms with Gasteiger partial charge >= 0.3 is 0 Å². The van der Waals surface area contributed by atoms with Gasteiger partial charge in [-0.25, -0.2) is 9.37 Å². The molecule has 4 rings (SSSR count). The van der Waals surface area contributed by atoms with Crippen LogP contribution in [0.15, 0.2) is 42.6 Å². The van der Waals surface area contributed by atoms with Crippen LogP contribution in [0.5, 0.6) is 0 Å². The highest BCUT2D eigenvalue weighted by molar-refractivity contribution is 5.97. The number of anilines is 1. The SMILES string of the molecule is CCC(C)Nc1ccc(-c2n[nH]c3cc(C#N)c(-c4c(C)cc(CNC)cc4F)cc23)cn1. The van der Waals surface area contributed by atoms with Gasteiger partial charge in [-0.1, -0.05) is 13.0 Å². The molecule has 0 aliphatic carbocycles. The zero-order chi connectivity index (χ0) is 23.5. The molecule has 0 bridgehead atoms. The summed E-state index contributed by atoms with van der Waals surface area (Å²) in [6.45, 7) is 6.67. The molecule has 0 aliphatic heterocycles. The van der Waals surface area contributed by atoms with E-state index in [1.807, 2.05) is 38.2 Å². The van der Waals surface area contributed by atoms with Crippen LogP contribution in [0.2, 0.25) is 0 Å². The predicted molar refractivity (Wildman–Crippen MR) is 130 cm³/mol. The highest BCUT2D eigenvalue weighted by Crippen LogP contribution is 2.36. The van der Waals surface area contributed by atoms with Gasteiger partial charge in [0.15, 0.2) is 0 Å². The number of nitrogens with one attached hydrogen (secondary N) is 3. The summed E-state index contributed by atoms with van der Waals surface area (Å²) >= 11 is 0. The Bertz CT molecular complexity index is 1310. The molecule has 0 saturated heterocycles. The molecule has 4 aromatic rings. The van der Waals surface area contributed by atoms with Crippen LogP contribution in [0, 0.1) is 24.1 Å². The number of hydrogen-bond donors (Lipinski definition) is 3. The average molecular weight is 443 g/mol. The lowest BCUT2D eigenvalue weighted by Crippen LogP contribution is -2.14. The van der Waals surface area contributed by atoms with Gasteiger partial charge in [-0.15, -0.1) is 0 Å². The molecule has 2 heterocycles. The lowest BCUT2D eigenvalue weighted by atomic mass is 9.92. The number of hydrogen-bond acceptors (Lipinski definition) is 5. The largest absolute Gasteiger partial charge is 0.368 e. The summed E-state index contributed by atoms with van der Waals surface area (Å²) in [5.41, 5.74) is 5.30. The molecule has 3 N–H and O–H groups in total. The molecule has 6 nitrogen and oxygen atoms in total. The van der Waals surface area contributed by atoms with Crippen molar-refractivity contribution in [1.29, 1.82) is 5.26 Å². The first-order valence-corrected chi connectivity index (χ1v) is 11.0. The van der Waals surface area contributed by atoms with Crippen LogP contribution >= 0.6 is 0 Å². The van der Waals surface area contributed by atoms with Crippen LogP contribution in [0.1, 0.15) is 37.0 Å². The Labute approximate surface area is 192 Å². The van der Waals surface area contributed by atoms with Crippen LogP contribution in [0.4, 0.5) is 10.2 Å². The minimum Gasteiger partial charge on any atom is -0.368 e. The molecule has 168 valence electrons. The van der Waals surface area contributed by atoms with Crippen molar-refractivity contribution in [2.75, 3.05) is 12.4 Å². The number of pyridine rings is 1. The van der Waals surface area contributed by atoms with Crippen LogP contribution in [0.25, 0.3) is 33.3 Å². The fraction of sp³-hybridized carbons (Fsp3) is 0.269. The van der Waals surface area contributed by atoms with Crippen molar-refractivity contribution in [3.8, 4) is 28.5 Å². The highest BCUT2D eigenvalue weighted by atomic mass is 19.1. The summed E-state index contributed by atoms with van der Waals surface area (Å²) in [5.74, 6) is 0.461. The maximum absolute atomic E-state index is 15.2. The molecule has 2 aromatic heterocycles. The molecule has 0 radical (unpaired) electrons. The van der Waals surface area contributed by atoms with Crippen molar-refractivity contribution < 1.29 is 4.39 Å². The van der Waals surface area contributed by atoms with E-state index in [1.165, 1.54) is 6.07 Å². The molecule has 1 unspecified atom stereocenters. The number of halogens is 1. The molecule has 33 heavy (non-hydrogen) atoms. The summed E-state index contributed by atoms with van der Waals surface area (Å²) in [4.78, 5) is 4.52. The van der Waals surface area contributed by atoms with Crippen molar-refractivity contribution in [2.24, 2.45) is 0 Å². The predicted octanol–water partition coefficient (Wildman–Crippen LogP) is 5.54. The van der Waals surface area contributed by atoms with Gasteiger partial charge in [0.05, 0.1) is 17.1 Å². The van der Waals surface area contributed by atoms with E-state index in [4.69, 9.17) is 0 Å². The molecule has 0 amide bonds. The Hall–Kier alpha value is -3.76. The number of benzene rings is 2. The molecule has 0 fully saturated rings. The Morgan fingerprint density at radius 1 is 1.21 bits per heavy atom. The lowest BCUT2D eigenvalue weighted by Gasteiger charge is -2.13. The van der Waals surface area contributed by atoms with Crippen molar-refractivity contribution in [2.45, 2.75) is 39.8 Å². The second-order valence-electron chi connectivity index (χ2n) is 8.31. The monoisotopic (exact) mass is 442 g/mol. The van der Waals surface area contributed by atoms with E-state index in [1.54, 1.807) is 12.3 Å². The van der Waals surface area contributed by atoms with E-state index in [2.05, 4.69) is 45.7 Å². The maximum atomic E-state index is 15.2. The Kier molecular flexibility index (Phi) is 6.38. The smallest absolute Gasteiger partial charge is 0.131 e. The summed E-state index contributed by atoms with van der Waals surface area (Å²) in [6.07, 6.45) is 2.78. The first-order chi connectivity index (χ1) is 15.9. The molecule has 0 saturated carbocycles. The third-order valence-electron chi connectivity index (χ3n) is 5.86. The van der Waals surface area contributed by atoms with Gasteiger partial charge in [0.2, 0.25) is 0 Å². The standard InChI is InChI=1S/C26H27FN6/c1-5-16(3)31-24-7-6-18(14-30-24)26-21-11-20(19(12-28)10-23(21)32-33-26)25-15(2)8-17(13-29-4)9-22(25)27/h6-11,14,16,29H,5,13H2,1-4H3,(H,30,31)(H,32,33). The summed E-state index contributed by atoms with van der Waals surface area (Å²) in [6, 6.07) is 13.5. The summed E-state index contributed by atoms with van der Waals surface area (Å²) in [5, 5.41) is 24.5. The minimum atomic E-state index is -0.344. The summed E-state index contributed by atoms with van der Waals surface area (Å²) in [7, 11) is 1.82. The van der Waals surface area contributed by atoms with Crippen LogP contribution in [0.3, 0.4) is 0 Å². The lowest BCUT2D eigenvalue weighted by molar-refractivity contribution is 0.626. The van der Waals surface area contributed by atoms with Gasteiger partial charge in [-0.3, -0.25) is 5.10 Å². The van der Waals surface area contributed by atoms with Gasteiger partial charge in [-0.2, -0.15) is 10.4 Å². The zero-order valence-electron chi connectivity index (χ0n) is 19.3. The van der Waals surface area contributed by atoms with E-state index < -0.39 is 0 Å². The van der Waals surface area contributed by atoms with E-state index in [-0.39, 0.29) is 5.82 Å². The number of nitriles is 1. The number of aromatic amines is 1. The van der Waals surface area contributed by atoms with Crippen LogP contribution < -0.4 is 10.6 Å². The van der Waals surface area contributed by atoms with Crippen molar-refractivity contribution >= 4 is 16.7 Å². The van der Waals surface area contributed by atoms with Gasteiger partial charge in [0.25, 0.3) is 0 Å². The molecule has 7 heteroatoms. The number of fused-ring (bicyclic) bond motifs is 1. The molecule has 0 spiro atoms. The molecular weight excluding hydrogens is 415 g/mol. The van der Waals surface area contributed by atoms with Gasteiger partial charge < -0.3 is 10.6 Å². The van der Waals surface area contributed by atoms with E-state index in [0.717, 1.165) is 39.8 Å². The molecule has 2 aromatic carbocycles. The normalized spacial score (nSPS) is 12.0. The number of aromatic nitrogens is 3.